The molecule has 1 aromatic carbocycles. The smallest absolute Gasteiger partial charge is 0.256 e. The lowest BCUT2D eigenvalue weighted by Gasteiger charge is -2.37. The van der Waals surface area contributed by atoms with Crippen LogP contribution in [0.2, 0.25) is 5.02 Å². The summed E-state index contributed by atoms with van der Waals surface area (Å²) in [4.78, 5) is 14.5. The lowest BCUT2D eigenvalue weighted by Crippen LogP contribution is -2.48. The average molecular weight is 300 g/mol. The third kappa shape index (κ3) is 2.99. The second-order valence-electron chi connectivity index (χ2n) is 4.65. The van der Waals surface area contributed by atoms with E-state index in [2.05, 4.69) is 19.3 Å². The minimum absolute atomic E-state index is 0.0184. The van der Waals surface area contributed by atoms with Gasteiger partial charge >= 0.3 is 0 Å². The van der Waals surface area contributed by atoms with Gasteiger partial charge in [-0.2, -0.15) is 11.8 Å². The van der Waals surface area contributed by atoms with E-state index in [9.17, 15) is 4.79 Å². The number of nitrogens with one attached hydrogen (secondary N) is 1. The fourth-order valence-electron chi connectivity index (χ4n) is 2.19. The molecule has 2 rings (SSSR count). The highest BCUT2D eigenvalue weighted by Crippen LogP contribution is 2.28. The standard InChI is InChI=1S/C13H18ClN3OS/c1-8-9(2)19-6-5-17(8)13(18)11-7-10(14)3-4-12(11)16-15/h3-4,7-9,16H,5-6,15H2,1-2H3. The topological polar surface area (TPSA) is 58.4 Å². The quantitative estimate of drug-likeness (QED) is 0.651. The summed E-state index contributed by atoms with van der Waals surface area (Å²) in [6.45, 7) is 4.98. The van der Waals surface area contributed by atoms with Gasteiger partial charge in [0.25, 0.3) is 5.91 Å². The van der Waals surface area contributed by atoms with Gasteiger partial charge in [0.1, 0.15) is 0 Å². The molecule has 0 spiro atoms. The summed E-state index contributed by atoms with van der Waals surface area (Å²) in [7, 11) is 0. The highest BCUT2D eigenvalue weighted by atomic mass is 35.5. The summed E-state index contributed by atoms with van der Waals surface area (Å²) in [6.07, 6.45) is 0. The Morgan fingerprint density at radius 3 is 2.95 bits per heavy atom. The Morgan fingerprint density at radius 2 is 2.26 bits per heavy atom. The average Bonchev–Trinajstić information content (AvgIpc) is 2.41. The van der Waals surface area contributed by atoms with Crippen molar-refractivity contribution in [2.75, 3.05) is 17.7 Å². The van der Waals surface area contributed by atoms with Gasteiger partial charge in [0, 0.05) is 28.6 Å². The molecule has 0 bridgehead atoms. The number of nitrogens with zero attached hydrogens (tertiary/aromatic N) is 1. The first-order valence-corrected chi connectivity index (χ1v) is 7.66. The number of hydrogen-bond acceptors (Lipinski definition) is 4. The van der Waals surface area contributed by atoms with Gasteiger partial charge in [-0.25, -0.2) is 0 Å². The molecule has 104 valence electrons. The largest absolute Gasteiger partial charge is 0.334 e. The zero-order chi connectivity index (χ0) is 14.0. The first kappa shape index (κ1) is 14.5. The molecule has 6 heteroatoms. The number of anilines is 1. The number of hydrogen-bond donors (Lipinski definition) is 2. The Balaban J connectivity index is 2.30. The highest BCUT2D eigenvalue weighted by Gasteiger charge is 2.30. The van der Waals surface area contributed by atoms with Crippen molar-refractivity contribution in [3.63, 3.8) is 0 Å². The van der Waals surface area contributed by atoms with E-state index in [-0.39, 0.29) is 11.9 Å². The Morgan fingerprint density at radius 1 is 1.53 bits per heavy atom. The van der Waals surface area contributed by atoms with Gasteiger partial charge in [0.2, 0.25) is 0 Å². The maximum absolute atomic E-state index is 12.7. The summed E-state index contributed by atoms with van der Waals surface area (Å²) in [5, 5.41) is 0.973. The number of rotatable bonds is 2. The van der Waals surface area contributed by atoms with Crippen molar-refractivity contribution in [1.29, 1.82) is 0 Å². The van der Waals surface area contributed by atoms with Crippen molar-refractivity contribution in [2.45, 2.75) is 25.1 Å². The molecule has 4 nitrogen and oxygen atoms in total. The van der Waals surface area contributed by atoms with Crippen LogP contribution in [0, 0.1) is 0 Å². The van der Waals surface area contributed by atoms with Crippen molar-refractivity contribution >= 4 is 35.0 Å². The SMILES string of the molecule is CC1SCCN(C(=O)c2cc(Cl)ccc2NN)C1C. The molecule has 0 radical (unpaired) electrons. The summed E-state index contributed by atoms with van der Waals surface area (Å²) < 4.78 is 0. The van der Waals surface area contributed by atoms with Crippen LogP contribution in [0.15, 0.2) is 18.2 Å². The third-order valence-electron chi connectivity index (χ3n) is 3.51. The Bertz CT molecular complexity index is 483. The number of amides is 1. The molecular weight excluding hydrogens is 282 g/mol. The molecule has 3 N–H and O–H groups in total. The van der Waals surface area contributed by atoms with Crippen LogP contribution < -0.4 is 11.3 Å². The predicted molar refractivity (Wildman–Crippen MR) is 81.7 cm³/mol. The maximum atomic E-state index is 12.7. The molecule has 0 aromatic heterocycles. The summed E-state index contributed by atoms with van der Waals surface area (Å²) in [5.74, 6) is 6.41. The first-order valence-electron chi connectivity index (χ1n) is 6.23. The molecule has 2 atom stereocenters. The number of thioether (sulfide) groups is 1. The van der Waals surface area contributed by atoms with Crippen LogP contribution in [0.3, 0.4) is 0 Å². The highest BCUT2D eigenvalue weighted by molar-refractivity contribution is 8.00. The monoisotopic (exact) mass is 299 g/mol. The number of nitrogens with two attached hydrogens (primary N) is 1. The van der Waals surface area contributed by atoms with E-state index < -0.39 is 0 Å². The second-order valence-corrected chi connectivity index (χ2v) is 6.57. The van der Waals surface area contributed by atoms with E-state index in [1.54, 1.807) is 18.2 Å². The lowest BCUT2D eigenvalue weighted by atomic mass is 10.1. The second kappa shape index (κ2) is 6.03. The molecule has 1 aliphatic rings. The van der Waals surface area contributed by atoms with Crippen LogP contribution in [-0.2, 0) is 0 Å². The van der Waals surface area contributed by atoms with Gasteiger partial charge < -0.3 is 10.3 Å². The van der Waals surface area contributed by atoms with E-state index in [4.69, 9.17) is 17.4 Å². The number of nitrogen functional groups attached to an aromatic ring is 1. The van der Waals surface area contributed by atoms with Crippen molar-refractivity contribution in [3.8, 4) is 0 Å². The van der Waals surface area contributed by atoms with Crippen LogP contribution in [-0.4, -0.2) is 34.4 Å². The fraction of sp³-hybridized carbons (Fsp3) is 0.462. The van der Waals surface area contributed by atoms with Crippen LogP contribution in [0.25, 0.3) is 0 Å². The summed E-state index contributed by atoms with van der Waals surface area (Å²) in [5.41, 5.74) is 3.69. The number of hydrazine groups is 1. The van der Waals surface area contributed by atoms with E-state index in [1.165, 1.54) is 0 Å². The van der Waals surface area contributed by atoms with Gasteiger partial charge in [-0.15, -0.1) is 0 Å². The van der Waals surface area contributed by atoms with E-state index in [1.807, 2.05) is 16.7 Å². The van der Waals surface area contributed by atoms with Crippen molar-refractivity contribution in [2.24, 2.45) is 5.84 Å². The van der Waals surface area contributed by atoms with E-state index in [0.717, 1.165) is 12.3 Å². The fourth-order valence-corrected chi connectivity index (χ4v) is 3.47. The normalized spacial score (nSPS) is 23.3. The zero-order valence-electron chi connectivity index (χ0n) is 11.0. The van der Waals surface area contributed by atoms with E-state index in [0.29, 0.717) is 21.5 Å². The molecule has 19 heavy (non-hydrogen) atoms. The lowest BCUT2D eigenvalue weighted by molar-refractivity contribution is 0.0699. The Hall–Kier alpha value is -0.910. The van der Waals surface area contributed by atoms with E-state index >= 15 is 0 Å². The molecule has 1 amide bonds. The Labute approximate surface area is 122 Å². The molecule has 1 saturated heterocycles. The molecule has 1 fully saturated rings. The van der Waals surface area contributed by atoms with Crippen LogP contribution in [0.5, 0.6) is 0 Å². The predicted octanol–water partition coefficient (Wildman–Crippen LogP) is 2.59. The molecular formula is C13H18ClN3OS. The van der Waals surface area contributed by atoms with Crippen molar-refractivity contribution in [1.82, 2.24) is 4.90 Å². The first-order chi connectivity index (χ1) is 9.04. The van der Waals surface area contributed by atoms with Gasteiger partial charge in [0.15, 0.2) is 0 Å². The van der Waals surface area contributed by atoms with Gasteiger partial charge in [0.05, 0.1) is 11.3 Å². The molecule has 1 aliphatic heterocycles. The van der Waals surface area contributed by atoms with Gasteiger partial charge in [-0.05, 0) is 25.1 Å². The van der Waals surface area contributed by atoms with Gasteiger partial charge in [-0.1, -0.05) is 18.5 Å². The number of benzene rings is 1. The van der Waals surface area contributed by atoms with Crippen LogP contribution in [0.1, 0.15) is 24.2 Å². The number of carbonyl (C=O) groups excluding carboxylic acids is 1. The molecule has 1 aromatic rings. The molecule has 0 aliphatic carbocycles. The van der Waals surface area contributed by atoms with Crippen LogP contribution in [0.4, 0.5) is 5.69 Å². The minimum atomic E-state index is -0.0184. The third-order valence-corrected chi connectivity index (χ3v) is 5.09. The molecule has 1 heterocycles. The molecule has 2 unspecified atom stereocenters. The number of carbonyl (C=O) groups is 1. The minimum Gasteiger partial charge on any atom is -0.334 e. The zero-order valence-corrected chi connectivity index (χ0v) is 12.6. The Kier molecular flexibility index (Phi) is 4.60. The van der Waals surface area contributed by atoms with Crippen molar-refractivity contribution < 1.29 is 4.79 Å². The number of halogens is 1. The summed E-state index contributed by atoms with van der Waals surface area (Å²) in [6, 6.07) is 5.31. The summed E-state index contributed by atoms with van der Waals surface area (Å²) >= 11 is 7.87. The van der Waals surface area contributed by atoms with Crippen LogP contribution >= 0.6 is 23.4 Å². The maximum Gasteiger partial charge on any atom is 0.256 e. The van der Waals surface area contributed by atoms with Crippen molar-refractivity contribution in [3.05, 3.63) is 28.8 Å². The molecule has 0 saturated carbocycles. The van der Waals surface area contributed by atoms with Gasteiger partial charge in [-0.3, -0.25) is 10.6 Å².